The summed E-state index contributed by atoms with van der Waals surface area (Å²) in [6, 6.07) is 8.68. The van der Waals surface area contributed by atoms with E-state index in [1.165, 1.54) is 48.2 Å². The summed E-state index contributed by atoms with van der Waals surface area (Å²) in [4.78, 5) is 10.9. The third-order valence-electron chi connectivity index (χ3n) is 4.63. The number of hydrogen-bond acceptors (Lipinski definition) is 8. The van der Waals surface area contributed by atoms with Crippen LogP contribution in [0, 0.1) is 15.9 Å². The third-order valence-corrected chi connectivity index (χ3v) is 5.64. The summed E-state index contributed by atoms with van der Waals surface area (Å²) in [6.45, 7) is 4.72. The van der Waals surface area contributed by atoms with Crippen LogP contribution in [-0.2, 0) is 30.2 Å². The minimum absolute atomic E-state index is 0.0191. The van der Waals surface area contributed by atoms with Crippen molar-refractivity contribution in [3.8, 4) is 11.5 Å². The highest BCUT2D eigenvalue weighted by Gasteiger charge is 2.22. The quantitative estimate of drug-likeness (QED) is 0.203. The van der Waals surface area contributed by atoms with Gasteiger partial charge >= 0.3 is 0 Å². The van der Waals surface area contributed by atoms with Crippen molar-refractivity contribution in [2.45, 2.75) is 30.7 Å². The number of nitro groups is 1. The first-order valence-corrected chi connectivity index (χ1v) is 10.6. The number of thioether (sulfide) groups is 1. The number of allylic oxidation sites excluding steroid dienone is 1. The predicted octanol–water partition coefficient (Wildman–Crippen LogP) is 4.25. The zero-order valence-electron chi connectivity index (χ0n) is 16.9. The molecule has 3 aromatic rings. The van der Waals surface area contributed by atoms with E-state index in [-0.39, 0.29) is 31.5 Å². The molecular weight excluding hydrogens is 439 g/mol. The zero-order valence-corrected chi connectivity index (χ0v) is 17.7. The van der Waals surface area contributed by atoms with Crippen LogP contribution in [0.4, 0.5) is 10.1 Å². The van der Waals surface area contributed by atoms with E-state index in [0.29, 0.717) is 45.9 Å². The maximum Gasteiger partial charge on any atom is 0.270 e. The second-order valence-corrected chi connectivity index (χ2v) is 7.73. The molecule has 0 radical (unpaired) electrons. The van der Waals surface area contributed by atoms with Gasteiger partial charge in [-0.05, 0) is 24.3 Å². The van der Waals surface area contributed by atoms with E-state index in [1.807, 2.05) is 4.57 Å². The molecule has 32 heavy (non-hydrogen) atoms. The molecule has 0 unspecified atom stereocenters. The smallest absolute Gasteiger partial charge is 0.270 e. The van der Waals surface area contributed by atoms with Crippen LogP contribution < -0.4 is 9.47 Å². The van der Waals surface area contributed by atoms with Gasteiger partial charge in [0.2, 0.25) is 0 Å². The number of fused-ring (bicyclic) bond motifs is 1. The molecule has 0 atom stereocenters. The Hall–Kier alpha value is -3.44. The molecule has 9 nitrogen and oxygen atoms in total. The Balaban J connectivity index is 1.52. The number of benzene rings is 2. The van der Waals surface area contributed by atoms with Crippen molar-refractivity contribution >= 4 is 17.4 Å². The first-order chi connectivity index (χ1) is 15.5. The molecule has 0 N–H and O–H groups in total. The second kappa shape index (κ2) is 9.79. The predicted molar refractivity (Wildman–Crippen MR) is 114 cm³/mol. The van der Waals surface area contributed by atoms with E-state index in [4.69, 9.17) is 14.2 Å². The van der Waals surface area contributed by atoms with Crippen LogP contribution in [0.5, 0.6) is 11.5 Å². The summed E-state index contributed by atoms with van der Waals surface area (Å²) < 4.78 is 31.4. The summed E-state index contributed by atoms with van der Waals surface area (Å²) >= 11 is 1.37. The van der Waals surface area contributed by atoms with Gasteiger partial charge in [0.1, 0.15) is 23.9 Å². The Morgan fingerprint density at radius 1 is 1.31 bits per heavy atom. The molecule has 0 fully saturated rings. The average Bonchev–Trinajstić information content (AvgIpc) is 3.18. The van der Waals surface area contributed by atoms with Crippen molar-refractivity contribution < 1.29 is 23.5 Å². The molecule has 0 aliphatic carbocycles. The molecule has 0 amide bonds. The molecule has 166 valence electrons. The minimum atomic E-state index is -0.436. The molecular formula is C21H19FN4O5S. The number of rotatable bonds is 9. The number of halogens is 1. The van der Waals surface area contributed by atoms with Crippen LogP contribution in [0.3, 0.4) is 0 Å². The summed E-state index contributed by atoms with van der Waals surface area (Å²) in [7, 11) is 0. The Bertz CT molecular complexity index is 1140. The molecule has 0 saturated carbocycles. The van der Waals surface area contributed by atoms with Crippen LogP contribution in [0.15, 0.2) is 54.2 Å². The van der Waals surface area contributed by atoms with Crippen molar-refractivity contribution in [1.29, 1.82) is 0 Å². The van der Waals surface area contributed by atoms with Gasteiger partial charge in [0.05, 0.1) is 11.5 Å². The van der Waals surface area contributed by atoms with E-state index in [2.05, 4.69) is 16.8 Å². The normalized spacial score (nSPS) is 12.7. The molecule has 4 rings (SSSR count). The molecule has 11 heteroatoms. The minimum Gasteiger partial charge on any atom is -0.486 e. The second-order valence-electron chi connectivity index (χ2n) is 6.79. The molecule has 1 aliphatic heterocycles. The summed E-state index contributed by atoms with van der Waals surface area (Å²) in [5.74, 6) is 1.73. The highest BCUT2D eigenvalue weighted by molar-refractivity contribution is 7.98. The van der Waals surface area contributed by atoms with Crippen molar-refractivity contribution in [3.63, 3.8) is 0 Å². The lowest BCUT2D eigenvalue weighted by Crippen LogP contribution is -2.13. The van der Waals surface area contributed by atoms with Crippen LogP contribution in [0.1, 0.15) is 17.0 Å². The highest BCUT2D eigenvalue weighted by Crippen LogP contribution is 2.36. The molecule has 2 heterocycles. The summed E-state index contributed by atoms with van der Waals surface area (Å²) in [6.07, 6.45) is 1.71. The lowest BCUT2D eigenvalue weighted by molar-refractivity contribution is -0.385. The number of nitro benzene ring substituents is 1. The van der Waals surface area contributed by atoms with Crippen LogP contribution in [0.2, 0.25) is 0 Å². The van der Waals surface area contributed by atoms with Crippen LogP contribution in [0.25, 0.3) is 0 Å². The number of ether oxygens (including phenoxy) is 3. The lowest BCUT2D eigenvalue weighted by atomic mass is 10.1. The van der Waals surface area contributed by atoms with Crippen molar-refractivity contribution in [3.05, 3.63) is 81.9 Å². The Morgan fingerprint density at radius 3 is 2.88 bits per heavy atom. The first-order valence-electron chi connectivity index (χ1n) is 9.60. The van der Waals surface area contributed by atoms with Gasteiger partial charge in [-0.3, -0.25) is 14.7 Å². The topological polar surface area (TPSA) is 102 Å². The molecule has 0 bridgehead atoms. The fraction of sp³-hybridized carbons (Fsp3) is 0.238. The zero-order chi connectivity index (χ0) is 22.5. The molecule has 1 aromatic heterocycles. The first kappa shape index (κ1) is 21.8. The number of non-ortho nitro benzene ring substituents is 1. The largest absolute Gasteiger partial charge is 0.486 e. The Morgan fingerprint density at radius 2 is 2.12 bits per heavy atom. The van der Waals surface area contributed by atoms with E-state index >= 15 is 0 Å². The van der Waals surface area contributed by atoms with Gasteiger partial charge in [-0.15, -0.1) is 16.8 Å². The van der Waals surface area contributed by atoms with Crippen LogP contribution in [-0.4, -0.2) is 26.5 Å². The van der Waals surface area contributed by atoms with E-state index in [0.717, 1.165) is 0 Å². The van der Waals surface area contributed by atoms with Crippen molar-refractivity contribution in [1.82, 2.24) is 14.8 Å². The van der Waals surface area contributed by atoms with E-state index in [9.17, 15) is 14.5 Å². The standard InChI is InChI=1S/C21H19FN4O5S/c1-2-7-25-19(11-30-18-5-3-16(22)4-6-18)23-24-21(25)32-12-15-9-17(26(27)28)8-14-10-29-13-31-20(14)15/h2-6,8-9H,1,7,10-13H2. The average molecular weight is 458 g/mol. The summed E-state index contributed by atoms with van der Waals surface area (Å²) in [5.41, 5.74) is 1.30. The van der Waals surface area contributed by atoms with Gasteiger partial charge in [-0.1, -0.05) is 17.8 Å². The molecule has 0 spiro atoms. The van der Waals surface area contributed by atoms with Gasteiger partial charge in [0, 0.05) is 35.6 Å². The maximum atomic E-state index is 13.1. The van der Waals surface area contributed by atoms with Crippen molar-refractivity contribution in [2.75, 3.05) is 6.79 Å². The van der Waals surface area contributed by atoms with E-state index in [1.54, 1.807) is 6.08 Å². The number of hydrogen-bond donors (Lipinski definition) is 0. The molecule has 0 saturated heterocycles. The van der Waals surface area contributed by atoms with Crippen LogP contribution >= 0.6 is 11.8 Å². The van der Waals surface area contributed by atoms with Crippen molar-refractivity contribution in [2.24, 2.45) is 0 Å². The monoisotopic (exact) mass is 458 g/mol. The fourth-order valence-electron chi connectivity index (χ4n) is 3.16. The van der Waals surface area contributed by atoms with E-state index < -0.39 is 4.92 Å². The Kier molecular flexibility index (Phi) is 6.66. The van der Waals surface area contributed by atoms with Gasteiger partial charge in [-0.25, -0.2) is 4.39 Å². The van der Waals surface area contributed by atoms with Gasteiger partial charge in [0.15, 0.2) is 17.8 Å². The fourth-order valence-corrected chi connectivity index (χ4v) is 4.09. The Labute approximate surface area is 187 Å². The third kappa shape index (κ3) is 4.89. The SMILES string of the molecule is C=CCn1c(COc2ccc(F)cc2)nnc1SCc1cc([N+](=O)[O-])cc2c1OCOC2. The molecule has 2 aromatic carbocycles. The molecule has 1 aliphatic rings. The van der Waals surface area contributed by atoms with Gasteiger partial charge in [0.25, 0.3) is 5.69 Å². The number of nitrogens with zero attached hydrogens (tertiary/aromatic N) is 4. The number of aromatic nitrogens is 3. The van der Waals surface area contributed by atoms with Gasteiger partial charge < -0.3 is 14.2 Å². The summed E-state index contributed by atoms with van der Waals surface area (Å²) in [5, 5.41) is 20.3. The van der Waals surface area contributed by atoms with Gasteiger partial charge in [-0.2, -0.15) is 0 Å². The highest BCUT2D eigenvalue weighted by atomic mass is 32.2. The maximum absolute atomic E-state index is 13.1. The lowest BCUT2D eigenvalue weighted by Gasteiger charge is -2.20.